The van der Waals surface area contributed by atoms with E-state index in [9.17, 15) is 4.79 Å². The molecule has 0 N–H and O–H groups in total. The van der Waals surface area contributed by atoms with Crippen molar-refractivity contribution in [1.82, 2.24) is 0 Å². The van der Waals surface area contributed by atoms with Gasteiger partial charge in [0.25, 0.3) is 5.91 Å². The molecule has 0 aliphatic carbocycles. The van der Waals surface area contributed by atoms with Crippen LogP contribution in [0.5, 0.6) is 11.5 Å². The van der Waals surface area contributed by atoms with Crippen molar-refractivity contribution in [3.63, 3.8) is 0 Å². The molecule has 2 aromatic carbocycles. The third-order valence-electron chi connectivity index (χ3n) is 4.03. The quantitative estimate of drug-likeness (QED) is 0.473. The van der Waals surface area contributed by atoms with E-state index < -0.39 is 0 Å². The number of nitrogens with zero attached hydrogens (tertiary/aromatic N) is 1. The maximum Gasteiger partial charge on any atom is 0.251 e. The second-order valence-electron chi connectivity index (χ2n) is 5.86. The Kier molecular flexibility index (Phi) is 7.75. The summed E-state index contributed by atoms with van der Waals surface area (Å²) in [6.45, 7) is 5.31. The van der Waals surface area contributed by atoms with Crippen molar-refractivity contribution in [1.29, 1.82) is 0 Å². The molecule has 0 aliphatic heterocycles. The number of hydrogen-bond acceptors (Lipinski definition) is 3. The van der Waals surface area contributed by atoms with E-state index in [-0.39, 0.29) is 5.91 Å². The summed E-state index contributed by atoms with van der Waals surface area (Å²) in [5, 5.41) is 0. The first kappa shape index (κ1) is 19.6. The largest absolute Gasteiger partial charge is 0.497 e. The Morgan fingerprint density at radius 1 is 1.08 bits per heavy atom. The number of methoxy groups -OCH3 is 1. The van der Waals surface area contributed by atoms with Gasteiger partial charge in [-0.25, -0.2) is 0 Å². The predicted octanol–water partition coefficient (Wildman–Crippen LogP) is 4.94. The lowest BCUT2D eigenvalue weighted by Crippen LogP contribution is -2.29. The van der Waals surface area contributed by atoms with Gasteiger partial charge in [0.15, 0.2) is 0 Å². The number of carbonyl (C=O) groups is 1. The fourth-order valence-corrected chi connectivity index (χ4v) is 2.55. The summed E-state index contributed by atoms with van der Waals surface area (Å²) in [5.74, 6) is 1.46. The molecule has 0 aromatic heterocycles. The zero-order valence-electron chi connectivity index (χ0n) is 15.8. The third-order valence-corrected chi connectivity index (χ3v) is 4.03. The summed E-state index contributed by atoms with van der Waals surface area (Å²) < 4.78 is 11.0. The number of unbranched alkanes of at least 4 members (excludes halogenated alkanes) is 1. The Morgan fingerprint density at radius 2 is 1.81 bits per heavy atom. The summed E-state index contributed by atoms with van der Waals surface area (Å²) in [4.78, 5) is 14.4. The van der Waals surface area contributed by atoms with Crippen molar-refractivity contribution in [2.75, 3.05) is 25.2 Å². The van der Waals surface area contributed by atoms with Gasteiger partial charge in [-0.2, -0.15) is 0 Å². The Balaban J connectivity index is 2.13. The minimum absolute atomic E-state index is 0.0742. The molecule has 0 atom stereocenters. The molecule has 0 radical (unpaired) electrons. The van der Waals surface area contributed by atoms with Gasteiger partial charge in [-0.1, -0.05) is 37.6 Å². The standard InChI is InChI=1S/C22H27NO3/c1-4-6-17-26-21-10-8-7-9-20(21)23(5-2)22(24)16-13-18-11-14-19(25-3)15-12-18/h7-16H,4-6,17H2,1-3H3/b16-13+. The number of hydrogen-bond donors (Lipinski definition) is 0. The zero-order valence-corrected chi connectivity index (χ0v) is 15.8. The molecule has 0 unspecified atom stereocenters. The molecule has 0 saturated heterocycles. The van der Waals surface area contributed by atoms with Crippen LogP contribution in [0.4, 0.5) is 5.69 Å². The molecule has 4 nitrogen and oxygen atoms in total. The van der Waals surface area contributed by atoms with E-state index in [0.717, 1.165) is 35.6 Å². The highest BCUT2D eigenvalue weighted by molar-refractivity contribution is 6.04. The van der Waals surface area contributed by atoms with Crippen LogP contribution in [0.15, 0.2) is 54.6 Å². The number of anilines is 1. The van der Waals surface area contributed by atoms with E-state index in [1.54, 1.807) is 18.1 Å². The van der Waals surface area contributed by atoms with Crippen LogP contribution in [0, 0.1) is 0 Å². The van der Waals surface area contributed by atoms with Crippen LogP contribution in [0.25, 0.3) is 6.08 Å². The molecular weight excluding hydrogens is 326 g/mol. The van der Waals surface area contributed by atoms with Gasteiger partial charge in [0.2, 0.25) is 0 Å². The average molecular weight is 353 g/mol. The first-order valence-electron chi connectivity index (χ1n) is 9.05. The van der Waals surface area contributed by atoms with Gasteiger partial charge >= 0.3 is 0 Å². The molecule has 0 bridgehead atoms. The summed E-state index contributed by atoms with van der Waals surface area (Å²) in [7, 11) is 1.63. The van der Waals surface area contributed by atoms with E-state index in [1.807, 2.05) is 61.5 Å². The molecule has 138 valence electrons. The molecule has 4 heteroatoms. The van der Waals surface area contributed by atoms with Gasteiger partial charge < -0.3 is 14.4 Å². The van der Waals surface area contributed by atoms with E-state index in [0.29, 0.717) is 13.2 Å². The number of carbonyl (C=O) groups excluding carboxylic acids is 1. The average Bonchev–Trinajstić information content (AvgIpc) is 2.68. The van der Waals surface area contributed by atoms with Crippen LogP contribution in [0.1, 0.15) is 32.3 Å². The Bertz CT molecular complexity index is 722. The Hall–Kier alpha value is -2.75. The number of benzene rings is 2. The van der Waals surface area contributed by atoms with Crippen LogP contribution in [-0.2, 0) is 4.79 Å². The molecule has 26 heavy (non-hydrogen) atoms. The minimum Gasteiger partial charge on any atom is -0.497 e. The Morgan fingerprint density at radius 3 is 2.46 bits per heavy atom. The molecule has 1 amide bonds. The Labute approximate surface area is 156 Å². The van der Waals surface area contributed by atoms with Crippen molar-refractivity contribution >= 4 is 17.7 Å². The topological polar surface area (TPSA) is 38.8 Å². The SMILES string of the molecule is CCCCOc1ccccc1N(CC)C(=O)/C=C/c1ccc(OC)cc1. The number of amides is 1. The summed E-state index contributed by atoms with van der Waals surface area (Å²) in [6.07, 6.45) is 5.47. The molecule has 0 saturated carbocycles. The van der Waals surface area contributed by atoms with Gasteiger partial charge in [0, 0.05) is 12.6 Å². The second kappa shape index (κ2) is 10.3. The summed E-state index contributed by atoms with van der Waals surface area (Å²) in [6, 6.07) is 15.3. The van der Waals surface area contributed by atoms with Gasteiger partial charge in [0.1, 0.15) is 11.5 Å². The van der Waals surface area contributed by atoms with E-state index in [2.05, 4.69) is 6.92 Å². The fraction of sp³-hybridized carbons (Fsp3) is 0.318. The number of rotatable bonds is 9. The highest BCUT2D eigenvalue weighted by atomic mass is 16.5. The van der Waals surface area contributed by atoms with Crippen LogP contribution >= 0.6 is 0 Å². The van der Waals surface area contributed by atoms with Gasteiger partial charge in [0.05, 0.1) is 19.4 Å². The molecule has 0 fully saturated rings. The zero-order chi connectivity index (χ0) is 18.8. The predicted molar refractivity (Wildman–Crippen MR) is 107 cm³/mol. The van der Waals surface area contributed by atoms with Gasteiger partial charge in [-0.05, 0) is 49.2 Å². The number of ether oxygens (including phenoxy) is 2. The molecular formula is C22H27NO3. The lowest BCUT2D eigenvalue weighted by atomic mass is 10.2. The van der Waals surface area contributed by atoms with Crippen molar-refractivity contribution in [2.45, 2.75) is 26.7 Å². The van der Waals surface area contributed by atoms with Crippen molar-refractivity contribution in [3.05, 3.63) is 60.2 Å². The molecule has 0 aliphatic rings. The van der Waals surface area contributed by atoms with E-state index in [1.165, 1.54) is 0 Å². The van der Waals surface area contributed by atoms with Crippen LogP contribution in [0.2, 0.25) is 0 Å². The number of para-hydroxylation sites is 2. The second-order valence-corrected chi connectivity index (χ2v) is 5.86. The maximum atomic E-state index is 12.7. The van der Waals surface area contributed by atoms with Crippen LogP contribution in [0.3, 0.4) is 0 Å². The summed E-state index contributed by atoms with van der Waals surface area (Å²) >= 11 is 0. The van der Waals surface area contributed by atoms with Crippen molar-refractivity contribution in [2.24, 2.45) is 0 Å². The van der Waals surface area contributed by atoms with Crippen molar-refractivity contribution < 1.29 is 14.3 Å². The molecule has 0 heterocycles. The fourth-order valence-electron chi connectivity index (χ4n) is 2.55. The first-order chi connectivity index (χ1) is 12.7. The lowest BCUT2D eigenvalue weighted by molar-refractivity contribution is -0.114. The highest BCUT2D eigenvalue weighted by Crippen LogP contribution is 2.28. The number of likely N-dealkylation sites (N-methyl/N-ethyl adjacent to an activating group) is 1. The molecule has 0 spiro atoms. The molecule has 2 rings (SSSR count). The highest BCUT2D eigenvalue weighted by Gasteiger charge is 2.15. The van der Waals surface area contributed by atoms with Crippen LogP contribution < -0.4 is 14.4 Å². The van der Waals surface area contributed by atoms with E-state index >= 15 is 0 Å². The van der Waals surface area contributed by atoms with Gasteiger partial charge in [-0.3, -0.25) is 4.79 Å². The first-order valence-corrected chi connectivity index (χ1v) is 9.05. The smallest absolute Gasteiger partial charge is 0.251 e. The van der Waals surface area contributed by atoms with Gasteiger partial charge in [-0.15, -0.1) is 0 Å². The van der Waals surface area contributed by atoms with Crippen molar-refractivity contribution in [3.8, 4) is 11.5 Å². The third kappa shape index (κ3) is 5.38. The summed E-state index contributed by atoms with van der Waals surface area (Å²) in [5.41, 5.74) is 1.75. The van der Waals surface area contributed by atoms with Crippen LogP contribution in [-0.4, -0.2) is 26.2 Å². The lowest BCUT2D eigenvalue weighted by Gasteiger charge is -2.22. The monoisotopic (exact) mass is 353 g/mol. The van der Waals surface area contributed by atoms with E-state index in [4.69, 9.17) is 9.47 Å². The minimum atomic E-state index is -0.0742. The molecule has 2 aromatic rings. The maximum absolute atomic E-state index is 12.7. The normalized spacial score (nSPS) is 10.7.